The number of anilines is 2. The van der Waals surface area contributed by atoms with Crippen molar-refractivity contribution in [1.82, 2.24) is 4.98 Å². The zero-order valence-corrected chi connectivity index (χ0v) is 14.7. The Labute approximate surface area is 152 Å². The van der Waals surface area contributed by atoms with Gasteiger partial charge in [0.15, 0.2) is 0 Å². The van der Waals surface area contributed by atoms with Crippen LogP contribution in [0.1, 0.15) is 35.7 Å². The first-order valence-corrected chi connectivity index (χ1v) is 8.94. The van der Waals surface area contributed by atoms with Crippen LogP contribution < -0.4 is 10.2 Å². The number of para-hydroxylation sites is 1. The Morgan fingerprint density at radius 3 is 3.00 bits per heavy atom. The molecule has 2 aliphatic heterocycles. The molecule has 0 bridgehead atoms. The highest BCUT2D eigenvalue weighted by Crippen LogP contribution is 2.44. The fraction of sp³-hybridized carbons (Fsp3) is 0.350. The minimum Gasteiger partial charge on any atom is -0.462 e. The van der Waals surface area contributed by atoms with Gasteiger partial charge in [-0.25, -0.2) is 9.78 Å². The number of pyridine rings is 1. The smallest absolute Gasteiger partial charge is 0.341 e. The zero-order valence-electron chi connectivity index (χ0n) is 14.7. The van der Waals surface area contributed by atoms with Crippen molar-refractivity contribution >= 4 is 23.4 Å². The Morgan fingerprint density at radius 2 is 2.15 bits per heavy atom. The van der Waals surface area contributed by atoms with Crippen LogP contribution in [-0.2, 0) is 14.9 Å². The number of nitrogens with one attached hydrogen (secondary N) is 1. The molecule has 2 aliphatic rings. The van der Waals surface area contributed by atoms with Crippen LogP contribution in [0, 0.1) is 0 Å². The van der Waals surface area contributed by atoms with E-state index in [0.717, 1.165) is 30.6 Å². The van der Waals surface area contributed by atoms with E-state index in [1.54, 1.807) is 25.3 Å². The van der Waals surface area contributed by atoms with Gasteiger partial charge >= 0.3 is 5.97 Å². The number of amides is 1. The number of carbonyl (C=O) groups is 2. The molecular formula is C20H21N3O3. The Hall–Kier alpha value is -2.89. The van der Waals surface area contributed by atoms with Gasteiger partial charge in [0, 0.05) is 25.0 Å². The van der Waals surface area contributed by atoms with Crippen LogP contribution >= 0.6 is 0 Å². The van der Waals surface area contributed by atoms with Gasteiger partial charge in [0.05, 0.1) is 12.0 Å². The monoisotopic (exact) mass is 351 g/mol. The van der Waals surface area contributed by atoms with E-state index in [1.165, 1.54) is 0 Å². The van der Waals surface area contributed by atoms with Crippen LogP contribution in [0.2, 0.25) is 0 Å². The highest BCUT2D eigenvalue weighted by atomic mass is 16.5. The SMILES string of the molecule is CCOC(=O)c1cccnc1N1CCCC2(C1)C(=O)Nc1ccccc12. The quantitative estimate of drug-likeness (QED) is 0.861. The van der Waals surface area contributed by atoms with Crippen LogP contribution in [-0.4, -0.2) is 36.6 Å². The number of rotatable bonds is 3. The van der Waals surface area contributed by atoms with Crippen molar-refractivity contribution in [3.63, 3.8) is 0 Å². The molecule has 0 saturated carbocycles. The lowest BCUT2D eigenvalue weighted by Crippen LogP contribution is -2.50. The van der Waals surface area contributed by atoms with Crippen LogP contribution in [0.3, 0.4) is 0 Å². The third-order valence-electron chi connectivity index (χ3n) is 5.20. The third kappa shape index (κ3) is 2.53. The summed E-state index contributed by atoms with van der Waals surface area (Å²) in [5.74, 6) is 0.228. The number of hydrogen-bond donors (Lipinski definition) is 1. The van der Waals surface area contributed by atoms with Gasteiger partial charge in [0.2, 0.25) is 5.91 Å². The minimum atomic E-state index is -0.599. The Kier molecular flexibility index (Phi) is 4.11. The normalized spacial score (nSPS) is 21.4. The predicted octanol–water partition coefficient (Wildman–Crippen LogP) is 2.75. The molecule has 1 aromatic carbocycles. The van der Waals surface area contributed by atoms with Crippen molar-refractivity contribution in [2.45, 2.75) is 25.2 Å². The Morgan fingerprint density at radius 1 is 1.31 bits per heavy atom. The van der Waals surface area contributed by atoms with Crippen molar-refractivity contribution in [2.24, 2.45) is 0 Å². The van der Waals surface area contributed by atoms with Crippen molar-refractivity contribution < 1.29 is 14.3 Å². The number of piperidine rings is 1. The molecule has 3 heterocycles. The van der Waals surface area contributed by atoms with Crippen LogP contribution in [0.4, 0.5) is 11.5 Å². The number of aromatic nitrogens is 1. The first-order chi connectivity index (χ1) is 12.7. The van der Waals surface area contributed by atoms with Crippen molar-refractivity contribution in [3.8, 4) is 0 Å². The van der Waals surface area contributed by atoms with Gasteiger partial charge in [0.1, 0.15) is 11.4 Å². The Balaban J connectivity index is 1.71. The molecule has 1 saturated heterocycles. The Bertz CT molecular complexity index is 867. The minimum absolute atomic E-state index is 0.0250. The standard InChI is InChI=1S/C20H21N3O3/c1-2-26-18(24)14-7-5-11-21-17(14)23-12-6-10-20(13-23)15-8-3-4-9-16(15)22-19(20)25/h3-5,7-9,11H,2,6,10,12-13H2,1H3,(H,22,25). The van der Waals surface area contributed by atoms with Crippen molar-refractivity contribution in [3.05, 3.63) is 53.7 Å². The van der Waals surface area contributed by atoms with E-state index in [0.29, 0.717) is 24.5 Å². The summed E-state index contributed by atoms with van der Waals surface area (Å²) < 4.78 is 5.17. The van der Waals surface area contributed by atoms with E-state index in [1.807, 2.05) is 29.2 Å². The third-order valence-corrected chi connectivity index (χ3v) is 5.20. The summed E-state index contributed by atoms with van der Waals surface area (Å²) in [5, 5.41) is 3.01. The second-order valence-corrected chi connectivity index (χ2v) is 6.70. The molecule has 1 aromatic heterocycles. The molecule has 4 rings (SSSR count). The average molecular weight is 351 g/mol. The van der Waals surface area contributed by atoms with Gasteiger partial charge in [-0.2, -0.15) is 0 Å². The predicted molar refractivity (Wildman–Crippen MR) is 98.4 cm³/mol. The molecule has 1 amide bonds. The van der Waals surface area contributed by atoms with Crippen molar-refractivity contribution in [2.75, 3.05) is 29.9 Å². The van der Waals surface area contributed by atoms with Gasteiger partial charge in [-0.1, -0.05) is 18.2 Å². The van der Waals surface area contributed by atoms with Crippen LogP contribution in [0.5, 0.6) is 0 Å². The summed E-state index contributed by atoms with van der Waals surface area (Å²) in [5.41, 5.74) is 1.76. The number of esters is 1. The average Bonchev–Trinajstić information content (AvgIpc) is 2.93. The molecule has 1 fully saturated rings. The summed E-state index contributed by atoms with van der Waals surface area (Å²) in [4.78, 5) is 31.6. The lowest BCUT2D eigenvalue weighted by Gasteiger charge is -2.40. The fourth-order valence-corrected chi connectivity index (χ4v) is 4.03. The molecule has 0 aliphatic carbocycles. The van der Waals surface area contributed by atoms with Gasteiger partial charge in [-0.15, -0.1) is 0 Å². The fourth-order valence-electron chi connectivity index (χ4n) is 4.03. The summed E-state index contributed by atoms with van der Waals surface area (Å²) >= 11 is 0. The number of benzene rings is 1. The number of nitrogens with zero attached hydrogens (tertiary/aromatic N) is 2. The largest absolute Gasteiger partial charge is 0.462 e. The topological polar surface area (TPSA) is 71.5 Å². The molecule has 1 unspecified atom stereocenters. The first-order valence-electron chi connectivity index (χ1n) is 8.94. The highest BCUT2D eigenvalue weighted by Gasteiger charge is 2.49. The molecular weight excluding hydrogens is 330 g/mol. The number of carbonyl (C=O) groups excluding carboxylic acids is 2. The van der Waals surface area contributed by atoms with E-state index in [2.05, 4.69) is 10.3 Å². The highest BCUT2D eigenvalue weighted by molar-refractivity contribution is 6.07. The molecule has 134 valence electrons. The van der Waals surface area contributed by atoms with E-state index >= 15 is 0 Å². The molecule has 2 aromatic rings. The van der Waals surface area contributed by atoms with Gasteiger partial charge in [-0.3, -0.25) is 4.79 Å². The van der Waals surface area contributed by atoms with Gasteiger partial charge in [0.25, 0.3) is 0 Å². The second-order valence-electron chi connectivity index (χ2n) is 6.70. The van der Waals surface area contributed by atoms with Crippen LogP contribution in [0.15, 0.2) is 42.6 Å². The zero-order chi connectivity index (χ0) is 18.1. The molecule has 1 atom stereocenters. The second kappa shape index (κ2) is 6.44. The lowest BCUT2D eigenvalue weighted by atomic mass is 9.75. The maximum atomic E-state index is 12.9. The summed E-state index contributed by atoms with van der Waals surface area (Å²) in [7, 11) is 0. The summed E-state index contributed by atoms with van der Waals surface area (Å²) in [6.07, 6.45) is 3.30. The van der Waals surface area contributed by atoms with Gasteiger partial charge in [-0.05, 0) is 43.5 Å². The maximum absolute atomic E-state index is 12.9. The summed E-state index contributed by atoms with van der Waals surface area (Å²) in [6, 6.07) is 11.3. The summed E-state index contributed by atoms with van der Waals surface area (Å²) in [6.45, 7) is 3.34. The van der Waals surface area contributed by atoms with E-state index in [-0.39, 0.29) is 11.9 Å². The van der Waals surface area contributed by atoms with Crippen LogP contribution in [0.25, 0.3) is 0 Å². The molecule has 26 heavy (non-hydrogen) atoms. The number of ether oxygens (including phenoxy) is 1. The van der Waals surface area contributed by atoms with E-state index in [9.17, 15) is 9.59 Å². The molecule has 6 nitrogen and oxygen atoms in total. The van der Waals surface area contributed by atoms with E-state index < -0.39 is 5.41 Å². The lowest BCUT2D eigenvalue weighted by molar-refractivity contribution is -0.121. The first kappa shape index (κ1) is 16.6. The van der Waals surface area contributed by atoms with E-state index in [4.69, 9.17) is 4.74 Å². The molecule has 6 heteroatoms. The molecule has 1 N–H and O–H groups in total. The van der Waals surface area contributed by atoms with Gasteiger partial charge < -0.3 is 15.0 Å². The van der Waals surface area contributed by atoms with Crippen molar-refractivity contribution in [1.29, 1.82) is 0 Å². The number of fused-ring (bicyclic) bond motifs is 2. The molecule has 0 radical (unpaired) electrons. The number of hydrogen-bond acceptors (Lipinski definition) is 5. The maximum Gasteiger partial charge on any atom is 0.341 e. The molecule has 1 spiro atoms.